The van der Waals surface area contributed by atoms with Gasteiger partial charge in [-0.3, -0.25) is 4.79 Å². The van der Waals surface area contributed by atoms with Gasteiger partial charge >= 0.3 is 0 Å². The van der Waals surface area contributed by atoms with Gasteiger partial charge in [0.2, 0.25) is 5.91 Å². The molecule has 4 heteroatoms. The van der Waals surface area contributed by atoms with E-state index >= 15 is 0 Å². The van der Waals surface area contributed by atoms with E-state index in [9.17, 15) is 4.79 Å². The summed E-state index contributed by atoms with van der Waals surface area (Å²) in [5.41, 5.74) is 0.849. The number of alkyl halides is 1. The second-order valence-electron chi connectivity index (χ2n) is 4.70. The van der Waals surface area contributed by atoms with Gasteiger partial charge < -0.3 is 5.32 Å². The molecule has 1 unspecified atom stereocenters. The molecule has 1 atom stereocenters. The predicted octanol–water partition coefficient (Wildman–Crippen LogP) is 3.95. The van der Waals surface area contributed by atoms with E-state index in [4.69, 9.17) is 11.6 Å². The van der Waals surface area contributed by atoms with Crippen molar-refractivity contribution in [1.82, 2.24) is 5.32 Å². The van der Waals surface area contributed by atoms with E-state index in [1.165, 1.54) is 0 Å². The highest BCUT2D eigenvalue weighted by atomic mass is 79.9. The van der Waals surface area contributed by atoms with E-state index in [2.05, 4.69) is 35.1 Å². The first-order chi connectivity index (χ1) is 8.49. The molecule has 0 aromatic heterocycles. The van der Waals surface area contributed by atoms with Crippen molar-refractivity contribution in [2.45, 2.75) is 38.6 Å². The highest BCUT2D eigenvalue weighted by Gasteiger charge is 2.23. The smallest absolute Gasteiger partial charge is 0.224 e. The van der Waals surface area contributed by atoms with Gasteiger partial charge in [0.15, 0.2) is 0 Å². The Balaban J connectivity index is 2.58. The molecule has 0 saturated carbocycles. The van der Waals surface area contributed by atoms with E-state index < -0.39 is 0 Å². The lowest BCUT2D eigenvalue weighted by Gasteiger charge is -2.29. The first-order valence-electron chi connectivity index (χ1n) is 6.10. The maximum absolute atomic E-state index is 12.0. The zero-order valence-electron chi connectivity index (χ0n) is 10.8. The molecule has 0 fully saturated rings. The molecule has 0 aliphatic rings. The van der Waals surface area contributed by atoms with Crippen molar-refractivity contribution >= 4 is 33.4 Å². The van der Waals surface area contributed by atoms with E-state index in [1.54, 1.807) is 0 Å². The van der Waals surface area contributed by atoms with Crippen LogP contribution in [0.25, 0.3) is 0 Å². The van der Waals surface area contributed by atoms with Gasteiger partial charge in [-0.25, -0.2) is 0 Å². The minimum atomic E-state index is -0.132. The molecule has 1 amide bonds. The highest BCUT2D eigenvalue weighted by Crippen LogP contribution is 2.16. The zero-order chi connectivity index (χ0) is 13.6. The fraction of sp³-hybridized carbons (Fsp3) is 0.500. The maximum atomic E-state index is 12.0. The molecule has 2 nitrogen and oxygen atoms in total. The Bertz CT molecular complexity index is 393. The van der Waals surface area contributed by atoms with Crippen molar-refractivity contribution in [3.05, 3.63) is 34.9 Å². The Morgan fingerprint density at radius 2 is 2.00 bits per heavy atom. The summed E-state index contributed by atoms with van der Waals surface area (Å²) in [5.74, 6) is 0.0580. The molecule has 0 spiro atoms. The number of hydrogen-bond donors (Lipinski definition) is 1. The third-order valence-corrected chi connectivity index (χ3v) is 3.79. The van der Waals surface area contributed by atoms with Crippen LogP contribution in [0, 0.1) is 0 Å². The molecular formula is C14H19BrClNO. The van der Waals surface area contributed by atoms with E-state index in [1.807, 2.05) is 24.3 Å². The minimum Gasteiger partial charge on any atom is -0.351 e. The molecule has 0 radical (unpaired) electrons. The van der Waals surface area contributed by atoms with Gasteiger partial charge in [-0.15, -0.1) is 0 Å². The molecule has 0 bridgehead atoms. The molecule has 100 valence electrons. The summed E-state index contributed by atoms with van der Waals surface area (Å²) in [5, 5.41) is 4.68. The van der Waals surface area contributed by atoms with Gasteiger partial charge in [-0.1, -0.05) is 46.6 Å². The van der Waals surface area contributed by atoms with Gasteiger partial charge in [0.25, 0.3) is 0 Å². The van der Waals surface area contributed by atoms with Crippen molar-refractivity contribution in [1.29, 1.82) is 0 Å². The molecular weight excluding hydrogens is 314 g/mol. The second-order valence-corrected chi connectivity index (χ2v) is 5.93. The van der Waals surface area contributed by atoms with Crippen LogP contribution in [0.1, 0.15) is 32.3 Å². The number of carbonyl (C=O) groups excluding carboxylic acids is 1. The van der Waals surface area contributed by atoms with Crippen molar-refractivity contribution in [2.75, 3.05) is 5.33 Å². The lowest BCUT2D eigenvalue weighted by atomic mass is 9.95. The summed E-state index contributed by atoms with van der Waals surface area (Å²) in [6.45, 7) is 4.17. The fourth-order valence-electron chi connectivity index (χ4n) is 1.70. The molecule has 0 saturated heterocycles. The van der Waals surface area contributed by atoms with Crippen molar-refractivity contribution in [3.8, 4) is 0 Å². The average molecular weight is 333 g/mol. The fourth-order valence-corrected chi connectivity index (χ4v) is 2.71. The van der Waals surface area contributed by atoms with Crippen LogP contribution in [0.2, 0.25) is 5.02 Å². The van der Waals surface area contributed by atoms with Crippen LogP contribution in [0.3, 0.4) is 0 Å². The number of hydrogen-bond acceptors (Lipinski definition) is 1. The van der Waals surface area contributed by atoms with Crippen LogP contribution in [-0.2, 0) is 11.2 Å². The van der Waals surface area contributed by atoms with E-state index in [0.29, 0.717) is 11.4 Å². The standard InChI is InChI=1S/C14H19BrClNO/c1-3-14(2,8-9-15)17-13(18)10-11-4-6-12(16)7-5-11/h4-7H,3,8-10H2,1-2H3,(H,17,18). The molecule has 0 heterocycles. The lowest BCUT2D eigenvalue weighted by Crippen LogP contribution is -2.46. The van der Waals surface area contributed by atoms with Crippen LogP contribution in [0.15, 0.2) is 24.3 Å². The van der Waals surface area contributed by atoms with Gasteiger partial charge in [-0.2, -0.15) is 0 Å². The SMILES string of the molecule is CCC(C)(CCBr)NC(=O)Cc1ccc(Cl)cc1. The summed E-state index contributed by atoms with van der Waals surface area (Å²) in [7, 11) is 0. The Labute approximate surface area is 122 Å². The second kappa shape index (κ2) is 7.15. The molecule has 18 heavy (non-hydrogen) atoms. The third-order valence-electron chi connectivity index (χ3n) is 3.15. The Morgan fingerprint density at radius 1 is 1.39 bits per heavy atom. The Hall–Kier alpha value is -0.540. The summed E-state index contributed by atoms with van der Waals surface area (Å²) in [6.07, 6.45) is 2.25. The van der Waals surface area contributed by atoms with Crippen LogP contribution in [-0.4, -0.2) is 16.8 Å². The molecule has 0 aliphatic heterocycles. The molecule has 1 aromatic carbocycles. The largest absolute Gasteiger partial charge is 0.351 e. The summed E-state index contributed by atoms with van der Waals surface area (Å²) in [4.78, 5) is 12.0. The monoisotopic (exact) mass is 331 g/mol. The number of benzene rings is 1. The van der Waals surface area contributed by atoms with Crippen LogP contribution in [0.4, 0.5) is 0 Å². The van der Waals surface area contributed by atoms with Gasteiger partial charge in [0.1, 0.15) is 0 Å². The first kappa shape index (κ1) is 15.5. The lowest BCUT2D eigenvalue weighted by molar-refractivity contribution is -0.122. The van der Waals surface area contributed by atoms with E-state index in [0.717, 1.165) is 23.7 Å². The molecule has 1 aromatic rings. The van der Waals surface area contributed by atoms with Crippen molar-refractivity contribution in [2.24, 2.45) is 0 Å². The van der Waals surface area contributed by atoms with E-state index in [-0.39, 0.29) is 11.4 Å². The molecule has 0 aliphatic carbocycles. The number of amides is 1. The highest BCUT2D eigenvalue weighted by molar-refractivity contribution is 9.09. The quantitative estimate of drug-likeness (QED) is 0.785. The van der Waals surface area contributed by atoms with Gasteiger partial charge in [0, 0.05) is 15.9 Å². The number of carbonyl (C=O) groups is 1. The summed E-state index contributed by atoms with van der Waals surface area (Å²) < 4.78 is 0. The normalized spacial score (nSPS) is 14.0. The van der Waals surface area contributed by atoms with Gasteiger partial charge in [-0.05, 0) is 37.5 Å². The van der Waals surface area contributed by atoms with Gasteiger partial charge in [0.05, 0.1) is 6.42 Å². The molecule has 1 rings (SSSR count). The average Bonchev–Trinajstić information content (AvgIpc) is 2.32. The Morgan fingerprint density at radius 3 is 2.50 bits per heavy atom. The topological polar surface area (TPSA) is 29.1 Å². The predicted molar refractivity (Wildman–Crippen MR) is 80.4 cm³/mol. The zero-order valence-corrected chi connectivity index (χ0v) is 13.1. The maximum Gasteiger partial charge on any atom is 0.224 e. The summed E-state index contributed by atoms with van der Waals surface area (Å²) >= 11 is 9.24. The van der Waals surface area contributed by atoms with Crippen molar-refractivity contribution in [3.63, 3.8) is 0 Å². The van der Waals surface area contributed by atoms with Crippen LogP contribution in [0.5, 0.6) is 0 Å². The van der Waals surface area contributed by atoms with Crippen LogP contribution < -0.4 is 5.32 Å². The third kappa shape index (κ3) is 4.99. The molecule has 1 N–H and O–H groups in total. The van der Waals surface area contributed by atoms with Crippen molar-refractivity contribution < 1.29 is 4.79 Å². The number of halogens is 2. The minimum absolute atomic E-state index is 0.0580. The first-order valence-corrected chi connectivity index (χ1v) is 7.60. The number of nitrogens with one attached hydrogen (secondary N) is 1. The number of rotatable bonds is 6. The van der Waals surface area contributed by atoms with Crippen LogP contribution >= 0.6 is 27.5 Å². The Kier molecular flexibility index (Phi) is 6.16. The summed E-state index contributed by atoms with van der Waals surface area (Å²) in [6, 6.07) is 7.38.